The van der Waals surface area contributed by atoms with Gasteiger partial charge in [-0.3, -0.25) is 9.69 Å². The Morgan fingerprint density at radius 1 is 1.46 bits per heavy atom. The molecule has 1 amide bonds. The van der Waals surface area contributed by atoms with Crippen molar-refractivity contribution < 1.29 is 17.6 Å². The van der Waals surface area contributed by atoms with Crippen LogP contribution in [0.1, 0.15) is 25.7 Å². The summed E-state index contributed by atoms with van der Waals surface area (Å²) in [5.74, 6) is 0.621. The van der Waals surface area contributed by atoms with E-state index in [4.69, 9.17) is 10.2 Å². The van der Waals surface area contributed by atoms with Crippen LogP contribution in [0.2, 0.25) is 0 Å². The zero-order valence-corrected chi connectivity index (χ0v) is 14.4. The number of likely N-dealkylation sites (tertiary alicyclic amines) is 1. The number of hydrogen-bond acceptors (Lipinski definition) is 6. The Hall–Kier alpha value is -1.93. The lowest BCUT2D eigenvalue weighted by atomic mass is 10.1. The van der Waals surface area contributed by atoms with E-state index in [0.29, 0.717) is 30.0 Å². The number of carbonyl (C=O) groups is 1. The third kappa shape index (κ3) is 3.59. The normalized spacial score (nSPS) is 19.1. The van der Waals surface area contributed by atoms with Crippen molar-refractivity contribution in [2.75, 3.05) is 18.8 Å². The van der Waals surface area contributed by atoms with Crippen LogP contribution in [0.25, 0.3) is 11.1 Å². The van der Waals surface area contributed by atoms with Gasteiger partial charge < -0.3 is 10.2 Å². The van der Waals surface area contributed by atoms with Gasteiger partial charge in [0.05, 0.1) is 17.2 Å². The number of rotatable bonds is 6. The Labute approximate surface area is 140 Å². The molecule has 3 rings (SSSR count). The van der Waals surface area contributed by atoms with Crippen LogP contribution >= 0.6 is 0 Å². The lowest BCUT2D eigenvalue weighted by molar-refractivity contribution is -0.118. The molecule has 2 aromatic rings. The number of nitrogens with two attached hydrogens (primary N) is 1. The molecule has 1 aliphatic heterocycles. The number of amides is 1. The summed E-state index contributed by atoms with van der Waals surface area (Å²) in [6.07, 6.45) is 1.34. The maximum absolute atomic E-state index is 11.9. The first-order chi connectivity index (χ1) is 11.4. The molecule has 0 bridgehead atoms. The molecule has 0 spiro atoms. The Morgan fingerprint density at radius 2 is 2.25 bits per heavy atom. The van der Waals surface area contributed by atoms with Crippen LogP contribution in [0.15, 0.2) is 27.5 Å². The van der Waals surface area contributed by atoms with Gasteiger partial charge in [0.15, 0.2) is 15.4 Å². The second-order valence-corrected chi connectivity index (χ2v) is 8.48. The van der Waals surface area contributed by atoms with Crippen LogP contribution < -0.4 is 5.73 Å². The molecule has 2 N–H and O–H groups in total. The summed E-state index contributed by atoms with van der Waals surface area (Å²) in [6.45, 7) is 3.81. The van der Waals surface area contributed by atoms with Crippen molar-refractivity contribution in [3.05, 3.63) is 24.1 Å². The van der Waals surface area contributed by atoms with Gasteiger partial charge in [-0.2, -0.15) is 0 Å². The second kappa shape index (κ2) is 6.52. The molecule has 1 aliphatic rings. The monoisotopic (exact) mass is 351 g/mol. The largest absolute Gasteiger partial charge is 0.439 e. The Balaban J connectivity index is 1.74. The summed E-state index contributed by atoms with van der Waals surface area (Å²) in [7, 11) is -3.26. The van der Waals surface area contributed by atoms with E-state index in [2.05, 4.69) is 9.88 Å². The van der Waals surface area contributed by atoms with Crippen molar-refractivity contribution in [2.45, 2.75) is 31.2 Å². The van der Waals surface area contributed by atoms with Gasteiger partial charge >= 0.3 is 0 Å². The highest BCUT2D eigenvalue weighted by atomic mass is 32.2. The molecular weight excluding hydrogens is 330 g/mol. The molecule has 1 saturated heterocycles. The van der Waals surface area contributed by atoms with E-state index in [1.54, 1.807) is 25.1 Å². The molecule has 0 radical (unpaired) electrons. The number of oxazole rings is 1. The van der Waals surface area contributed by atoms with Crippen LogP contribution in [0.3, 0.4) is 0 Å². The predicted molar refractivity (Wildman–Crippen MR) is 88.9 cm³/mol. The molecule has 2 heterocycles. The fourth-order valence-corrected chi connectivity index (χ4v) is 3.98. The highest BCUT2D eigenvalue weighted by Crippen LogP contribution is 2.24. The summed E-state index contributed by atoms with van der Waals surface area (Å²) >= 11 is 0. The SMILES string of the molecule is CCS(=O)(=O)c1ccc2oc(CN3CCC(CC(N)=O)C3)nc2c1. The van der Waals surface area contributed by atoms with Crippen LogP contribution in [-0.4, -0.2) is 43.1 Å². The third-order valence-electron chi connectivity index (χ3n) is 4.36. The van der Waals surface area contributed by atoms with E-state index >= 15 is 0 Å². The predicted octanol–water partition coefficient (Wildman–Crippen LogP) is 1.32. The van der Waals surface area contributed by atoms with Crippen LogP contribution in [0.5, 0.6) is 0 Å². The van der Waals surface area contributed by atoms with Crippen molar-refractivity contribution in [2.24, 2.45) is 11.7 Å². The number of primary amides is 1. The first kappa shape index (κ1) is 16.9. The lowest BCUT2D eigenvalue weighted by Crippen LogP contribution is -2.22. The molecule has 0 saturated carbocycles. The molecular formula is C16H21N3O4S. The Morgan fingerprint density at radius 3 is 2.96 bits per heavy atom. The van der Waals surface area contributed by atoms with Crippen LogP contribution in [-0.2, 0) is 21.2 Å². The lowest BCUT2D eigenvalue weighted by Gasteiger charge is -2.12. The van der Waals surface area contributed by atoms with Crippen molar-refractivity contribution in [3.8, 4) is 0 Å². The number of fused-ring (bicyclic) bond motifs is 1. The zero-order chi connectivity index (χ0) is 17.3. The van der Waals surface area contributed by atoms with Gasteiger partial charge in [0.1, 0.15) is 5.52 Å². The van der Waals surface area contributed by atoms with Gasteiger partial charge in [-0.1, -0.05) is 6.92 Å². The number of sulfone groups is 1. The maximum atomic E-state index is 11.9. The second-order valence-electron chi connectivity index (χ2n) is 6.20. The van der Waals surface area contributed by atoms with E-state index in [1.807, 2.05) is 0 Å². The van der Waals surface area contributed by atoms with Gasteiger partial charge in [0.2, 0.25) is 11.8 Å². The average Bonchev–Trinajstić information content (AvgIpc) is 3.12. The molecule has 1 atom stereocenters. The van der Waals surface area contributed by atoms with Crippen molar-refractivity contribution >= 4 is 26.8 Å². The molecule has 1 fully saturated rings. The first-order valence-electron chi connectivity index (χ1n) is 8.00. The van der Waals surface area contributed by atoms with Gasteiger partial charge in [-0.15, -0.1) is 0 Å². The summed E-state index contributed by atoms with van der Waals surface area (Å²) < 4.78 is 29.6. The van der Waals surface area contributed by atoms with Crippen LogP contribution in [0, 0.1) is 5.92 Å². The fraction of sp³-hybridized carbons (Fsp3) is 0.500. The number of aromatic nitrogens is 1. The highest BCUT2D eigenvalue weighted by Gasteiger charge is 2.25. The topological polar surface area (TPSA) is 107 Å². The van der Waals surface area contributed by atoms with E-state index < -0.39 is 9.84 Å². The van der Waals surface area contributed by atoms with Gasteiger partial charge in [0.25, 0.3) is 0 Å². The van der Waals surface area contributed by atoms with E-state index in [0.717, 1.165) is 19.5 Å². The number of benzene rings is 1. The van der Waals surface area contributed by atoms with E-state index in [-0.39, 0.29) is 22.5 Å². The first-order valence-corrected chi connectivity index (χ1v) is 9.65. The summed E-state index contributed by atoms with van der Waals surface area (Å²) in [5, 5.41) is 0. The zero-order valence-electron chi connectivity index (χ0n) is 13.6. The molecule has 1 aromatic carbocycles. The van der Waals surface area contributed by atoms with Crippen molar-refractivity contribution in [1.82, 2.24) is 9.88 Å². The van der Waals surface area contributed by atoms with E-state index in [9.17, 15) is 13.2 Å². The molecule has 24 heavy (non-hydrogen) atoms. The van der Waals surface area contributed by atoms with Crippen molar-refractivity contribution in [3.63, 3.8) is 0 Å². The minimum atomic E-state index is -3.26. The number of hydrogen-bond donors (Lipinski definition) is 1. The highest BCUT2D eigenvalue weighted by molar-refractivity contribution is 7.91. The molecule has 0 aliphatic carbocycles. The third-order valence-corrected chi connectivity index (χ3v) is 6.09. The summed E-state index contributed by atoms with van der Waals surface area (Å²) in [5.41, 5.74) is 6.37. The quantitative estimate of drug-likeness (QED) is 0.841. The molecule has 8 heteroatoms. The number of nitrogens with zero attached hydrogens (tertiary/aromatic N) is 2. The number of carbonyl (C=O) groups excluding carboxylic acids is 1. The smallest absolute Gasteiger partial charge is 0.217 e. The standard InChI is InChI=1S/C16H21N3O4S/c1-2-24(21,22)12-3-4-14-13(8-12)18-16(23-14)10-19-6-5-11(9-19)7-15(17)20/h3-4,8,11H,2,5-7,9-10H2,1H3,(H2,17,20). The Bertz CT molecular complexity index is 859. The van der Waals surface area contributed by atoms with Crippen LogP contribution in [0.4, 0.5) is 0 Å². The maximum Gasteiger partial charge on any atom is 0.217 e. The molecule has 130 valence electrons. The van der Waals surface area contributed by atoms with Crippen molar-refractivity contribution in [1.29, 1.82) is 0 Å². The molecule has 7 nitrogen and oxygen atoms in total. The average molecular weight is 351 g/mol. The minimum absolute atomic E-state index is 0.0538. The van der Waals surface area contributed by atoms with Gasteiger partial charge in [-0.25, -0.2) is 13.4 Å². The minimum Gasteiger partial charge on any atom is -0.439 e. The molecule has 1 unspecified atom stereocenters. The fourth-order valence-electron chi connectivity index (χ4n) is 3.08. The van der Waals surface area contributed by atoms with Gasteiger partial charge in [-0.05, 0) is 37.1 Å². The molecule has 1 aromatic heterocycles. The summed E-state index contributed by atoms with van der Waals surface area (Å²) in [6, 6.07) is 4.75. The summed E-state index contributed by atoms with van der Waals surface area (Å²) in [4.78, 5) is 17.8. The van der Waals surface area contributed by atoms with E-state index in [1.165, 1.54) is 0 Å². The Kier molecular flexibility index (Phi) is 4.60. The van der Waals surface area contributed by atoms with Gasteiger partial charge in [0, 0.05) is 13.0 Å².